The van der Waals surface area contributed by atoms with Crippen LogP contribution in [0.15, 0.2) is 54.7 Å². The third kappa shape index (κ3) is 4.04. The molecule has 0 aliphatic rings. The topological polar surface area (TPSA) is 88.8 Å². The number of halogens is 4. The van der Waals surface area contributed by atoms with Gasteiger partial charge in [0, 0.05) is 10.6 Å². The van der Waals surface area contributed by atoms with Crippen molar-refractivity contribution < 1.29 is 27.8 Å². The fourth-order valence-electron chi connectivity index (χ4n) is 3.03. The average Bonchev–Trinajstić information content (AvgIpc) is 3.19. The highest BCUT2D eigenvalue weighted by molar-refractivity contribution is 6.31. The van der Waals surface area contributed by atoms with Gasteiger partial charge >= 0.3 is 6.18 Å². The summed E-state index contributed by atoms with van der Waals surface area (Å²) in [7, 11) is 1.47. The Morgan fingerprint density at radius 3 is 2.53 bits per heavy atom. The highest BCUT2D eigenvalue weighted by Crippen LogP contribution is 2.33. The van der Waals surface area contributed by atoms with Gasteiger partial charge in [0.25, 0.3) is 5.91 Å². The second-order valence-corrected chi connectivity index (χ2v) is 7.10. The summed E-state index contributed by atoms with van der Waals surface area (Å²) in [6, 6.07) is 11.1. The predicted molar refractivity (Wildman–Crippen MR) is 111 cm³/mol. The van der Waals surface area contributed by atoms with Gasteiger partial charge in [0.05, 0.1) is 24.7 Å². The van der Waals surface area contributed by atoms with E-state index in [1.54, 1.807) is 24.3 Å². The number of rotatable bonds is 4. The fraction of sp³-hybridized carbons (Fsp3) is 0.0952. The zero-order valence-corrected chi connectivity index (χ0v) is 17.1. The normalized spacial score (nSPS) is 11.5. The second kappa shape index (κ2) is 8.04. The first-order valence-electron chi connectivity index (χ1n) is 9.07. The average molecular weight is 463 g/mol. The quantitative estimate of drug-likeness (QED) is 0.415. The first-order chi connectivity index (χ1) is 15.2. The van der Waals surface area contributed by atoms with Gasteiger partial charge in [-0.25, -0.2) is 9.50 Å². The molecule has 0 fully saturated rings. The molecule has 0 bridgehead atoms. The molecule has 32 heavy (non-hydrogen) atoms. The number of carbonyl (C=O) groups is 1. The van der Waals surface area contributed by atoms with Crippen molar-refractivity contribution in [1.82, 2.24) is 14.6 Å². The van der Waals surface area contributed by atoms with Crippen molar-refractivity contribution in [3.8, 4) is 22.8 Å². The van der Waals surface area contributed by atoms with Gasteiger partial charge in [0.15, 0.2) is 11.3 Å². The lowest BCUT2D eigenvalue weighted by molar-refractivity contribution is -0.142. The summed E-state index contributed by atoms with van der Waals surface area (Å²) < 4.78 is 46.8. The number of aromatic nitrogens is 3. The van der Waals surface area contributed by atoms with Gasteiger partial charge in [-0.05, 0) is 48.5 Å². The van der Waals surface area contributed by atoms with Gasteiger partial charge in [-0.15, -0.1) is 0 Å². The molecule has 1 amide bonds. The van der Waals surface area contributed by atoms with Crippen LogP contribution in [0, 0.1) is 0 Å². The van der Waals surface area contributed by atoms with Crippen molar-refractivity contribution in [1.29, 1.82) is 0 Å². The molecule has 2 heterocycles. The molecule has 0 radical (unpaired) electrons. The van der Waals surface area contributed by atoms with Crippen LogP contribution < -0.4 is 10.1 Å². The van der Waals surface area contributed by atoms with Crippen molar-refractivity contribution in [2.75, 3.05) is 12.4 Å². The number of alkyl halides is 3. The molecular formula is C21H14ClF3N4O3. The molecule has 0 unspecified atom stereocenters. The largest absolute Gasteiger partial charge is 0.506 e. The van der Waals surface area contributed by atoms with Crippen LogP contribution in [0.2, 0.25) is 5.02 Å². The van der Waals surface area contributed by atoms with E-state index in [9.17, 15) is 23.1 Å². The Morgan fingerprint density at radius 1 is 1.16 bits per heavy atom. The van der Waals surface area contributed by atoms with Crippen LogP contribution in [0.5, 0.6) is 11.5 Å². The summed E-state index contributed by atoms with van der Waals surface area (Å²) >= 11 is 5.88. The molecular weight excluding hydrogens is 449 g/mol. The van der Waals surface area contributed by atoms with Crippen LogP contribution in [0.3, 0.4) is 0 Å². The molecule has 0 saturated carbocycles. The Hall–Kier alpha value is -3.79. The number of ether oxygens (including phenoxy) is 1. The molecule has 2 aromatic carbocycles. The maximum absolute atomic E-state index is 13.7. The number of phenols is 1. The first-order valence-corrected chi connectivity index (χ1v) is 9.45. The van der Waals surface area contributed by atoms with E-state index in [0.717, 1.165) is 12.3 Å². The van der Waals surface area contributed by atoms with E-state index in [1.807, 2.05) is 0 Å². The third-order valence-corrected chi connectivity index (χ3v) is 4.83. The number of hydrogen-bond acceptors (Lipinski definition) is 5. The summed E-state index contributed by atoms with van der Waals surface area (Å²) in [6.45, 7) is 0. The maximum Gasteiger partial charge on any atom is 0.433 e. The Labute approximate surface area is 184 Å². The third-order valence-electron chi connectivity index (χ3n) is 4.60. The van der Waals surface area contributed by atoms with Crippen LogP contribution in [-0.4, -0.2) is 32.7 Å². The van der Waals surface area contributed by atoms with Crippen LogP contribution in [0.1, 0.15) is 16.1 Å². The van der Waals surface area contributed by atoms with E-state index in [-0.39, 0.29) is 33.4 Å². The lowest BCUT2D eigenvalue weighted by Crippen LogP contribution is -2.16. The number of methoxy groups -OCH3 is 1. The summed E-state index contributed by atoms with van der Waals surface area (Å²) in [4.78, 5) is 17.0. The first kappa shape index (κ1) is 21.4. The Kier molecular flexibility index (Phi) is 5.39. The SMILES string of the molecule is COc1ccc(-c2cc(C(F)(F)F)n3ncc(C(=O)Nc4cc(Cl)ccc4O)c3n2)cc1. The highest BCUT2D eigenvalue weighted by atomic mass is 35.5. The number of phenolic OH excluding ortho intramolecular Hbond substituents is 1. The number of aromatic hydroxyl groups is 1. The maximum atomic E-state index is 13.7. The van der Waals surface area contributed by atoms with E-state index in [4.69, 9.17) is 16.3 Å². The minimum atomic E-state index is -4.76. The van der Waals surface area contributed by atoms with Gasteiger partial charge in [0.2, 0.25) is 0 Å². The number of anilines is 1. The molecule has 7 nitrogen and oxygen atoms in total. The Morgan fingerprint density at radius 2 is 1.88 bits per heavy atom. The van der Waals surface area contributed by atoms with Crippen molar-refractivity contribution >= 4 is 28.8 Å². The molecule has 0 aliphatic heterocycles. The van der Waals surface area contributed by atoms with E-state index in [1.165, 1.54) is 25.3 Å². The lowest BCUT2D eigenvalue weighted by atomic mass is 10.1. The van der Waals surface area contributed by atoms with Gasteiger partial charge in [-0.2, -0.15) is 18.3 Å². The van der Waals surface area contributed by atoms with Gasteiger partial charge in [-0.1, -0.05) is 11.6 Å². The van der Waals surface area contributed by atoms with Gasteiger partial charge < -0.3 is 15.2 Å². The summed E-state index contributed by atoms with van der Waals surface area (Å²) in [5.41, 5.74) is -1.25. The minimum absolute atomic E-state index is 0.00682. The van der Waals surface area contributed by atoms with Crippen LogP contribution >= 0.6 is 11.6 Å². The van der Waals surface area contributed by atoms with Crippen molar-refractivity contribution in [3.63, 3.8) is 0 Å². The number of fused-ring (bicyclic) bond motifs is 1. The summed E-state index contributed by atoms with van der Waals surface area (Å²) in [5, 5.41) is 16.3. The lowest BCUT2D eigenvalue weighted by Gasteiger charge is -2.12. The number of amides is 1. The van der Waals surface area contributed by atoms with Gasteiger partial charge in [0.1, 0.15) is 17.1 Å². The predicted octanol–water partition coefficient (Wildman–Crippen LogP) is 5.04. The number of hydrogen-bond donors (Lipinski definition) is 2. The molecule has 0 saturated heterocycles. The molecule has 0 atom stereocenters. The Balaban J connectivity index is 1.83. The number of nitrogens with zero attached hydrogens (tertiary/aromatic N) is 3. The van der Waals surface area contributed by atoms with Crippen LogP contribution in [0.4, 0.5) is 18.9 Å². The van der Waals surface area contributed by atoms with E-state index in [2.05, 4.69) is 15.4 Å². The summed E-state index contributed by atoms with van der Waals surface area (Å²) in [5.74, 6) is -0.552. The van der Waals surface area contributed by atoms with Crippen LogP contribution in [-0.2, 0) is 6.18 Å². The number of benzene rings is 2. The molecule has 4 aromatic rings. The standard InChI is InChI=1S/C21H14ClF3N4O3/c1-32-13-5-2-11(3-6-13)15-9-18(21(23,24)25)29-19(27-15)14(10-26-29)20(31)28-16-8-12(22)4-7-17(16)30/h2-10,30H,1H3,(H,28,31). The second-order valence-electron chi connectivity index (χ2n) is 6.66. The van der Waals surface area contributed by atoms with E-state index in [0.29, 0.717) is 15.8 Å². The van der Waals surface area contributed by atoms with Crippen LogP contribution in [0.25, 0.3) is 16.9 Å². The monoisotopic (exact) mass is 462 g/mol. The molecule has 2 aromatic heterocycles. The van der Waals surface area contributed by atoms with Crippen molar-refractivity contribution in [2.24, 2.45) is 0 Å². The van der Waals surface area contributed by atoms with E-state index < -0.39 is 17.8 Å². The zero-order chi connectivity index (χ0) is 23.0. The number of nitrogens with one attached hydrogen (secondary N) is 1. The molecule has 0 aliphatic carbocycles. The van der Waals surface area contributed by atoms with Gasteiger partial charge in [-0.3, -0.25) is 4.79 Å². The van der Waals surface area contributed by atoms with Crippen molar-refractivity contribution in [3.05, 3.63) is 71.0 Å². The molecule has 0 spiro atoms. The molecule has 11 heteroatoms. The molecule has 164 valence electrons. The zero-order valence-electron chi connectivity index (χ0n) is 16.3. The van der Waals surface area contributed by atoms with E-state index >= 15 is 0 Å². The summed E-state index contributed by atoms with van der Waals surface area (Å²) in [6.07, 6.45) is -3.78. The Bertz CT molecular complexity index is 1320. The smallest absolute Gasteiger partial charge is 0.433 e. The fourth-order valence-corrected chi connectivity index (χ4v) is 3.20. The minimum Gasteiger partial charge on any atom is -0.506 e. The molecule has 2 N–H and O–H groups in total. The number of carbonyl (C=O) groups excluding carboxylic acids is 1. The highest BCUT2D eigenvalue weighted by Gasteiger charge is 2.36. The van der Waals surface area contributed by atoms with Crippen molar-refractivity contribution in [2.45, 2.75) is 6.18 Å². The molecule has 4 rings (SSSR count).